The van der Waals surface area contributed by atoms with Crippen molar-refractivity contribution in [2.24, 2.45) is 0 Å². The fourth-order valence-corrected chi connectivity index (χ4v) is 2.12. The summed E-state index contributed by atoms with van der Waals surface area (Å²) in [5.41, 5.74) is 0.343. The van der Waals surface area contributed by atoms with Gasteiger partial charge in [0, 0.05) is 32.4 Å². The van der Waals surface area contributed by atoms with Crippen LogP contribution in [0, 0.1) is 0 Å². The number of piperidine rings is 1. The molecule has 0 radical (unpaired) electrons. The van der Waals surface area contributed by atoms with E-state index in [2.05, 4.69) is 24.2 Å². The summed E-state index contributed by atoms with van der Waals surface area (Å²) in [4.78, 5) is 2.50. The first-order valence-corrected chi connectivity index (χ1v) is 6.68. The Morgan fingerprint density at radius 2 is 1.88 bits per heavy atom. The molecule has 0 saturated carbocycles. The molecule has 0 aromatic rings. The maximum Gasteiger partial charge on any atom is 0.0593 e. The van der Waals surface area contributed by atoms with Crippen LogP contribution in [-0.2, 0) is 9.47 Å². The van der Waals surface area contributed by atoms with Crippen LogP contribution in [0.2, 0.25) is 0 Å². The van der Waals surface area contributed by atoms with Gasteiger partial charge in [0.2, 0.25) is 0 Å². The third-order valence-corrected chi connectivity index (χ3v) is 3.75. The van der Waals surface area contributed by atoms with Crippen LogP contribution in [-0.4, -0.2) is 64.1 Å². The molecule has 0 amide bonds. The predicted molar refractivity (Wildman–Crippen MR) is 70.5 cm³/mol. The van der Waals surface area contributed by atoms with E-state index in [1.54, 1.807) is 7.11 Å². The summed E-state index contributed by atoms with van der Waals surface area (Å²) < 4.78 is 10.6. The second-order valence-corrected chi connectivity index (χ2v) is 5.11. The summed E-state index contributed by atoms with van der Waals surface area (Å²) in [7, 11) is 3.79. The van der Waals surface area contributed by atoms with Crippen molar-refractivity contribution in [2.75, 3.05) is 53.6 Å². The van der Waals surface area contributed by atoms with Gasteiger partial charge in [-0.3, -0.25) is 0 Å². The van der Waals surface area contributed by atoms with Crippen LogP contribution in [0.4, 0.5) is 0 Å². The number of hydrogen-bond donors (Lipinski definition) is 1. The Hall–Kier alpha value is -0.160. The summed E-state index contributed by atoms with van der Waals surface area (Å²) in [5.74, 6) is 0. The molecule has 0 atom stereocenters. The molecule has 0 aliphatic carbocycles. The van der Waals surface area contributed by atoms with Gasteiger partial charge in [-0.2, -0.15) is 0 Å². The highest BCUT2D eigenvalue weighted by Gasteiger charge is 2.27. The van der Waals surface area contributed by atoms with E-state index in [-0.39, 0.29) is 0 Å². The third-order valence-electron chi connectivity index (χ3n) is 3.75. The van der Waals surface area contributed by atoms with E-state index in [4.69, 9.17) is 9.47 Å². The van der Waals surface area contributed by atoms with Gasteiger partial charge in [-0.15, -0.1) is 0 Å². The molecule has 1 aliphatic heterocycles. The molecule has 1 fully saturated rings. The molecule has 1 heterocycles. The van der Waals surface area contributed by atoms with Crippen molar-refractivity contribution in [3.05, 3.63) is 0 Å². The third kappa shape index (κ3) is 5.82. The van der Waals surface area contributed by atoms with Crippen molar-refractivity contribution >= 4 is 0 Å². The largest absolute Gasteiger partial charge is 0.385 e. The Labute approximate surface area is 106 Å². The highest BCUT2D eigenvalue weighted by Crippen LogP contribution is 2.20. The molecule has 1 rings (SSSR count). The molecule has 4 heteroatoms. The summed E-state index contributed by atoms with van der Waals surface area (Å²) in [6.45, 7) is 8.19. The highest BCUT2D eigenvalue weighted by atomic mass is 16.5. The fraction of sp³-hybridized carbons (Fsp3) is 1.00. The average molecular weight is 244 g/mol. The van der Waals surface area contributed by atoms with Crippen molar-refractivity contribution in [2.45, 2.75) is 31.7 Å². The van der Waals surface area contributed by atoms with E-state index >= 15 is 0 Å². The van der Waals surface area contributed by atoms with Crippen LogP contribution in [0.3, 0.4) is 0 Å². The first-order valence-electron chi connectivity index (χ1n) is 6.68. The van der Waals surface area contributed by atoms with Crippen LogP contribution in [0.15, 0.2) is 0 Å². The Morgan fingerprint density at radius 1 is 1.18 bits per heavy atom. The summed E-state index contributed by atoms with van der Waals surface area (Å²) in [5, 5.41) is 3.42. The minimum Gasteiger partial charge on any atom is -0.385 e. The quantitative estimate of drug-likeness (QED) is 0.649. The lowest BCUT2D eigenvalue weighted by Gasteiger charge is -2.39. The zero-order valence-corrected chi connectivity index (χ0v) is 11.6. The van der Waals surface area contributed by atoms with E-state index in [9.17, 15) is 0 Å². The van der Waals surface area contributed by atoms with Crippen LogP contribution >= 0.6 is 0 Å². The van der Waals surface area contributed by atoms with Crippen molar-refractivity contribution < 1.29 is 9.47 Å². The van der Waals surface area contributed by atoms with Crippen molar-refractivity contribution in [3.8, 4) is 0 Å². The smallest absolute Gasteiger partial charge is 0.0593 e. The number of methoxy groups -OCH3 is 1. The van der Waals surface area contributed by atoms with E-state index in [0.29, 0.717) is 5.54 Å². The van der Waals surface area contributed by atoms with E-state index in [1.807, 2.05) is 0 Å². The molecule has 0 aromatic carbocycles. The molecular weight excluding hydrogens is 216 g/mol. The zero-order chi connectivity index (χ0) is 12.6. The molecule has 1 N–H and O–H groups in total. The Balaban J connectivity index is 1.99. The van der Waals surface area contributed by atoms with Gasteiger partial charge in [0.05, 0.1) is 6.61 Å². The van der Waals surface area contributed by atoms with Crippen molar-refractivity contribution in [1.29, 1.82) is 0 Å². The van der Waals surface area contributed by atoms with Gasteiger partial charge in [0.25, 0.3) is 0 Å². The molecule has 0 aromatic heterocycles. The minimum atomic E-state index is 0.343. The zero-order valence-electron chi connectivity index (χ0n) is 11.6. The van der Waals surface area contributed by atoms with Gasteiger partial charge in [0.1, 0.15) is 0 Å². The lowest BCUT2D eigenvalue weighted by atomic mass is 9.90. The molecule has 17 heavy (non-hydrogen) atoms. The SMILES string of the molecule is CNC1(C)CCN(CCOCCCOC)CC1. The molecule has 1 aliphatic rings. The summed E-state index contributed by atoms with van der Waals surface area (Å²) in [6.07, 6.45) is 3.45. The van der Waals surface area contributed by atoms with Crippen LogP contribution in [0.5, 0.6) is 0 Å². The molecular formula is C13H28N2O2. The number of likely N-dealkylation sites (tertiary alicyclic amines) is 1. The average Bonchev–Trinajstić information content (AvgIpc) is 2.36. The molecule has 4 nitrogen and oxygen atoms in total. The van der Waals surface area contributed by atoms with Crippen LogP contribution in [0.1, 0.15) is 26.2 Å². The number of nitrogens with one attached hydrogen (secondary N) is 1. The standard InChI is InChI=1S/C13H28N2O2/c1-13(14-2)5-7-15(8-6-13)9-12-17-11-4-10-16-3/h14H,4-12H2,1-3H3. The number of rotatable bonds is 8. The van der Waals surface area contributed by atoms with Gasteiger partial charge < -0.3 is 19.7 Å². The first-order chi connectivity index (χ1) is 8.20. The molecule has 0 unspecified atom stereocenters. The summed E-state index contributed by atoms with van der Waals surface area (Å²) in [6, 6.07) is 0. The maximum atomic E-state index is 5.58. The van der Waals surface area contributed by atoms with Gasteiger partial charge >= 0.3 is 0 Å². The predicted octanol–water partition coefficient (Wildman–Crippen LogP) is 1.11. The fourth-order valence-electron chi connectivity index (χ4n) is 2.12. The molecule has 0 bridgehead atoms. The molecule has 0 spiro atoms. The summed E-state index contributed by atoms with van der Waals surface area (Å²) >= 11 is 0. The first kappa shape index (κ1) is 14.9. The molecule has 1 saturated heterocycles. The molecule has 102 valence electrons. The number of ether oxygens (including phenoxy) is 2. The van der Waals surface area contributed by atoms with Crippen molar-refractivity contribution in [3.63, 3.8) is 0 Å². The van der Waals surface area contributed by atoms with E-state index < -0.39 is 0 Å². The highest BCUT2D eigenvalue weighted by molar-refractivity contribution is 4.87. The second kappa shape index (κ2) is 8.03. The maximum absolute atomic E-state index is 5.58. The van der Waals surface area contributed by atoms with E-state index in [0.717, 1.165) is 32.8 Å². The normalized spacial score (nSPS) is 20.6. The Morgan fingerprint density at radius 3 is 2.47 bits per heavy atom. The lowest BCUT2D eigenvalue weighted by Crippen LogP contribution is -2.50. The van der Waals surface area contributed by atoms with Gasteiger partial charge in [-0.25, -0.2) is 0 Å². The van der Waals surface area contributed by atoms with Crippen molar-refractivity contribution in [1.82, 2.24) is 10.2 Å². The lowest BCUT2D eigenvalue weighted by molar-refractivity contribution is 0.0689. The van der Waals surface area contributed by atoms with Gasteiger partial charge in [-0.1, -0.05) is 0 Å². The number of nitrogens with zero attached hydrogens (tertiary/aromatic N) is 1. The van der Waals surface area contributed by atoms with Crippen LogP contribution < -0.4 is 5.32 Å². The Kier molecular flexibility index (Phi) is 7.04. The minimum absolute atomic E-state index is 0.343. The van der Waals surface area contributed by atoms with Gasteiger partial charge in [-0.05, 0) is 46.3 Å². The second-order valence-electron chi connectivity index (χ2n) is 5.11. The Bertz CT molecular complexity index is 192. The van der Waals surface area contributed by atoms with E-state index in [1.165, 1.54) is 25.9 Å². The topological polar surface area (TPSA) is 33.7 Å². The monoisotopic (exact) mass is 244 g/mol. The van der Waals surface area contributed by atoms with Gasteiger partial charge in [0.15, 0.2) is 0 Å². The van der Waals surface area contributed by atoms with Crippen LogP contribution in [0.25, 0.3) is 0 Å². The number of hydrogen-bond acceptors (Lipinski definition) is 4.